The van der Waals surface area contributed by atoms with Crippen molar-refractivity contribution < 1.29 is 9.21 Å². The number of nitrogens with one attached hydrogen (secondary N) is 1. The van der Waals surface area contributed by atoms with E-state index in [1.807, 2.05) is 65.4 Å². The first-order chi connectivity index (χ1) is 12.8. The largest absolute Gasteiger partial charge is 0.462 e. The smallest absolute Gasteiger partial charge is 0.226 e. The summed E-state index contributed by atoms with van der Waals surface area (Å²) in [6.07, 6.45) is 1.86. The molecule has 1 amide bonds. The number of hydrogen-bond donors (Lipinski definition) is 1. The first kappa shape index (κ1) is 16.8. The average Bonchev–Trinajstić information content (AvgIpc) is 3.41. The lowest BCUT2D eigenvalue weighted by atomic mass is 10.1. The number of carbonyl (C=O) groups is 1. The van der Waals surface area contributed by atoms with Crippen LogP contribution in [0.1, 0.15) is 22.2 Å². The molecule has 130 valence electrons. The molecule has 4 rings (SSSR count). The van der Waals surface area contributed by atoms with Crippen LogP contribution < -0.4 is 5.32 Å². The van der Waals surface area contributed by atoms with Gasteiger partial charge in [-0.3, -0.25) is 4.79 Å². The highest BCUT2D eigenvalue weighted by atomic mass is 32.1. The number of nitrogens with zero attached hydrogens (tertiary/aromatic N) is 1. The molecule has 0 saturated carbocycles. The van der Waals surface area contributed by atoms with Crippen molar-refractivity contribution in [3.63, 3.8) is 0 Å². The highest BCUT2D eigenvalue weighted by Gasteiger charge is 2.19. The minimum absolute atomic E-state index is 0.0523. The van der Waals surface area contributed by atoms with Gasteiger partial charge in [0.25, 0.3) is 0 Å². The molecular formula is C20H16N2O2S2. The second kappa shape index (κ2) is 7.68. The summed E-state index contributed by atoms with van der Waals surface area (Å²) in [6.45, 7) is 0. The van der Waals surface area contributed by atoms with Gasteiger partial charge in [0, 0.05) is 10.3 Å². The maximum absolute atomic E-state index is 12.6. The molecule has 1 aromatic carbocycles. The molecule has 0 saturated heterocycles. The number of thiazole rings is 1. The van der Waals surface area contributed by atoms with Gasteiger partial charge < -0.3 is 9.73 Å². The molecule has 4 nitrogen and oxygen atoms in total. The zero-order valence-electron chi connectivity index (χ0n) is 13.8. The number of benzene rings is 1. The number of furan rings is 1. The summed E-state index contributed by atoms with van der Waals surface area (Å²) in [4.78, 5) is 18.2. The van der Waals surface area contributed by atoms with Gasteiger partial charge in [-0.25, -0.2) is 4.98 Å². The van der Waals surface area contributed by atoms with Crippen molar-refractivity contribution in [1.82, 2.24) is 10.3 Å². The van der Waals surface area contributed by atoms with Gasteiger partial charge in [0.1, 0.15) is 0 Å². The minimum Gasteiger partial charge on any atom is -0.462 e. The molecule has 0 aliphatic carbocycles. The van der Waals surface area contributed by atoms with Crippen LogP contribution in [0.2, 0.25) is 0 Å². The number of hydrogen-bond acceptors (Lipinski definition) is 5. The van der Waals surface area contributed by atoms with Crippen LogP contribution in [0.4, 0.5) is 0 Å². The van der Waals surface area contributed by atoms with Crippen molar-refractivity contribution in [2.75, 3.05) is 0 Å². The highest BCUT2D eigenvalue weighted by Crippen LogP contribution is 2.27. The Hall–Kier alpha value is -2.70. The molecule has 3 heterocycles. The summed E-state index contributed by atoms with van der Waals surface area (Å²) in [5.41, 5.74) is 1.81. The lowest BCUT2D eigenvalue weighted by molar-refractivity contribution is -0.120. The molecule has 4 aromatic rings. The predicted octanol–water partition coefficient (Wildman–Crippen LogP) is 4.91. The monoisotopic (exact) mass is 380 g/mol. The van der Waals surface area contributed by atoms with Gasteiger partial charge in [0.05, 0.1) is 24.4 Å². The Labute approximate surface area is 159 Å². The van der Waals surface area contributed by atoms with Crippen molar-refractivity contribution in [3.8, 4) is 10.8 Å². The molecule has 0 unspecified atom stereocenters. The first-order valence-corrected chi connectivity index (χ1v) is 9.91. The first-order valence-electron chi connectivity index (χ1n) is 8.15. The molecule has 0 spiro atoms. The maximum Gasteiger partial charge on any atom is 0.226 e. The molecule has 0 radical (unpaired) electrons. The third-order valence-corrected chi connectivity index (χ3v) is 5.73. The second-order valence-corrected chi connectivity index (χ2v) is 7.56. The molecule has 26 heavy (non-hydrogen) atoms. The molecule has 0 fully saturated rings. The summed E-state index contributed by atoms with van der Waals surface area (Å²) < 4.78 is 5.36. The lowest BCUT2D eigenvalue weighted by Gasteiger charge is -2.17. The number of carbonyl (C=O) groups excluding carboxylic acids is 1. The van der Waals surface area contributed by atoms with Gasteiger partial charge in [0.2, 0.25) is 5.91 Å². The highest BCUT2D eigenvalue weighted by molar-refractivity contribution is 7.13. The van der Waals surface area contributed by atoms with E-state index in [0.717, 1.165) is 26.9 Å². The van der Waals surface area contributed by atoms with Crippen molar-refractivity contribution in [2.45, 2.75) is 12.5 Å². The molecule has 1 atom stereocenters. The summed E-state index contributed by atoms with van der Waals surface area (Å²) in [5, 5.41) is 7.85. The van der Waals surface area contributed by atoms with Crippen LogP contribution in [0.3, 0.4) is 0 Å². The van der Waals surface area contributed by atoms with Crippen molar-refractivity contribution in [1.29, 1.82) is 0 Å². The van der Waals surface area contributed by atoms with Crippen LogP contribution >= 0.6 is 22.7 Å². The van der Waals surface area contributed by atoms with E-state index in [1.165, 1.54) is 11.3 Å². The van der Waals surface area contributed by atoms with Crippen LogP contribution in [-0.2, 0) is 11.2 Å². The third kappa shape index (κ3) is 3.76. The molecule has 6 heteroatoms. The molecule has 0 aliphatic rings. The van der Waals surface area contributed by atoms with E-state index in [4.69, 9.17) is 4.42 Å². The van der Waals surface area contributed by atoms with E-state index in [-0.39, 0.29) is 18.4 Å². The Morgan fingerprint density at radius 3 is 2.69 bits per heavy atom. The van der Waals surface area contributed by atoms with Gasteiger partial charge in [-0.15, -0.1) is 22.7 Å². The molecule has 0 bridgehead atoms. The van der Waals surface area contributed by atoms with Crippen molar-refractivity contribution >= 4 is 28.6 Å². The Bertz CT molecular complexity index is 961. The quantitative estimate of drug-likeness (QED) is 0.517. The standard InChI is InChI=1S/C20H16N2O2S2/c23-18(12-15-13-26-20(21-15)16-8-4-10-24-16)22-19(17-9-5-11-25-17)14-6-2-1-3-7-14/h1-11,13,19H,12H2,(H,22,23)/t19-/m1/s1. The van der Waals surface area contributed by atoms with Gasteiger partial charge in [-0.1, -0.05) is 36.4 Å². The van der Waals surface area contributed by atoms with Gasteiger partial charge in [0.15, 0.2) is 10.8 Å². The average molecular weight is 380 g/mol. The third-order valence-electron chi connectivity index (χ3n) is 3.89. The van der Waals surface area contributed by atoms with Gasteiger partial charge in [-0.2, -0.15) is 0 Å². The van der Waals surface area contributed by atoms with E-state index >= 15 is 0 Å². The topological polar surface area (TPSA) is 55.1 Å². The van der Waals surface area contributed by atoms with E-state index in [0.29, 0.717) is 0 Å². The molecule has 1 N–H and O–H groups in total. The Morgan fingerprint density at radius 1 is 1.08 bits per heavy atom. The van der Waals surface area contributed by atoms with E-state index < -0.39 is 0 Å². The summed E-state index contributed by atoms with van der Waals surface area (Å²) in [6, 6.07) is 17.6. The Morgan fingerprint density at radius 2 is 1.96 bits per heavy atom. The van der Waals surface area contributed by atoms with E-state index in [2.05, 4.69) is 10.3 Å². The number of amides is 1. The SMILES string of the molecule is O=C(Cc1csc(-c2ccco2)n1)N[C@H](c1ccccc1)c1cccs1. The van der Waals surface area contributed by atoms with Crippen LogP contribution in [0, 0.1) is 0 Å². The zero-order chi connectivity index (χ0) is 17.8. The number of thiophene rings is 1. The summed E-state index contributed by atoms with van der Waals surface area (Å²) in [5.74, 6) is 0.672. The predicted molar refractivity (Wildman–Crippen MR) is 104 cm³/mol. The molecular weight excluding hydrogens is 364 g/mol. The fraction of sp³-hybridized carbons (Fsp3) is 0.100. The fourth-order valence-corrected chi connectivity index (χ4v) is 4.29. The normalized spacial score (nSPS) is 12.0. The maximum atomic E-state index is 12.6. The van der Waals surface area contributed by atoms with Crippen LogP contribution in [0.25, 0.3) is 10.8 Å². The van der Waals surface area contributed by atoms with E-state index in [1.54, 1.807) is 17.6 Å². The Kier molecular flexibility index (Phi) is 4.95. The zero-order valence-corrected chi connectivity index (χ0v) is 15.4. The Balaban J connectivity index is 1.49. The van der Waals surface area contributed by atoms with E-state index in [9.17, 15) is 4.79 Å². The van der Waals surface area contributed by atoms with Crippen LogP contribution in [0.15, 0.2) is 76.0 Å². The molecule has 0 aliphatic heterocycles. The lowest BCUT2D eigenvalue weighted by Crippen LogP contribution is -2.30. The van der Waals surface area contributed by atoms with Crippen LogP contribution in [-0.4, -0.2) is 10.9 Å². The van der Waals surface area contributed by atoms with Crippen molar-refractivity contribution in [3.05, 3.63) is 87.8 Å². The summed E-state index contributed by atoms with van der Waals surface area (Å²) in [7, 11) is 0. The number of aromatic nitrogens is 1. The summed E-state index contributed by atoms with van der Waals surface area (Å²) >= 11 is 3.12. The van der Waals surface area contributed by atoms with Gasteiger partial charge in [-0.05, 0) is 29.1 Å². The molecule has 3 aromatic heterocycles. The van der Waals surface area contributed by atoms with Crippen molar-refractivity contribution in [2.24, 2.45) is 0 Å². The fourth-order valence-electron chi connectivity index (χ4n) is 2.70. The second-order valence-electron chi connectivity index (χ2n) is 5.72. The minimum atomic E-state index is -0.146. The van der Waals surface area contributed by atoms with Gasteiger partial charge >= 0.3 is 0 Å². The number of rotatable bonds is 6. The van der Waals surface area contributed by atoms with Crippen LogP contribution in [0.5, 0.6) is 0 Å².